The summed E-state index contributed by atoms with van der Waals surface area (Å²) in [6, 6.07) is 7.09. The third-order valence-corrected chi connectivity index (χ3v) is 3.69. The fourth-order valence-electron chi connectivity index (χ4n) is 2.23. The van der Waals surface area contributed by atoms with Crippen molar-refractivity contribution in [2.24, 2.45) is 0 Å². The Labute approximate surface area is 140 Å². The monoisotopic (exact) mass is 328 g/mol. The summed E-state index contributed by atoms with van der Waals surface area (Å²) in [6.45, 7) is 6.68. The number of hydrogen-bond acceptors (Lipinski definition) is 4. The van der Waals surface area contributed by atoms with Gasteiger partial charge in [0.25, 0.3) is 5.91 Å². The molecule has 0 saturated carbocycles. The first-order valence-electron chi connectivity index (χ1n) is 7.57. The largest absolute Gasteiger partial charge is 0.448 e. The number of ether oxygens (including phenoxy) is 1. The lowest BCUT2D eigenvalue weighted by Gasteiger charge is -2.15. The molecule has 24 heavy (non-hydrogen) atoms. The predicted octanol–water partition coefficient (Wildman–Crippen LogP) is 3.02. The van der Waals surface area contributed by atoms with Crippen LogP contribution in [-0.4, -0.2) is 28.7 Å². The van der Waals surface area contributed by atoms with E-state index in [1.807, 2.05) is 32.0 Å². The molecule has 0 aliphatic carbocycles. The Morgan fingerprint density at radius 1 is 1.17 bits per heavy atom. The Morgan fingerprint density at radius 3 is 2.33 bits per heavy atom. The van der Waals surface area contributed by atoms with Gasteiger partial charge in [-0.2, -0.15) is 0 Å². The molecule has 0 unspecified atom stereocenters. The molecule has 0 aliphatic rings. The van der Waals surface area contributed by atoms with Gasteiger partial charge in [0.05, 0.1) is 0 Å². The van der Waals surface area contributed by atoms with Crippen molar-refractivity contribution in [1.82, 2.24) is 4.98 Å². The molecular formula is C18H20N2O4. The number of nitrogens with one attached hydrogen (secondary N) is 2. The highest BCUT2D eigenvalue weighted by Crippen LogP contribution is 2.20. The van der Waals surface area contributed by atoms with Crippen LogP contribution in [0.2, 0.25) is 0 Å². The lowest BCUT2D eigenvalue weighted by atomic mass is 10.1. The second-order valence-electron chi connectivity index (χ2n) is 5.66. The van der Waals surface area contributed by atoms with Crippen LogP contribution in [-0.2, 0) is 9.53 Å². The molecule has 2 N–H and O–H groups in total. The summed E-state index contributed by atoms with van der Waals surface area (Å²) in [6.07, 6.45) is 0.459. The summed E-state index contributed by atoms with van der Waals surface area (Å²) in [5, 5.41) is 2.78. The van der Waals surface area contributed by atoms with Gasteiger partial charge in [-0.3, -0.25) is 9.59 Å². The first-order valence-corrected chi connectivity index (χ1v) is 7.57. The molecule has 2 rings (SSSR count). The minimum absolute atomic E-state index is 0.131. The average molecular weight is 328 g/mol. The van der Waals surface area contributed by atoms with Gasteiger partial charge >= 0.3 is 5.97 Å². The highest BCUT2D eigenvalue weighted by Gasteiger charge is 2.21. The van der Waals surface area contributed by atoms with Crippen LogP contribution in [0.5, 0.6) is 0 Å². The first kappa shape index (κ1) is 17.5. The van der Waals surface area contributed by atoms with Crippen LogP contribution in [0.25, 0.3) is 0 Å². The third kappa shape index (κ3) is 3.90. The van der Waals surface area contributed by atoms with Crippen LogP contribution in [0, 0.1) is 13.8 Å². The second kappa shape index (κ2) is 7.12. The Balaban J connectivity index is 2.03. The van der Waals surface area contributed by atoms with Gasteiger partial charge < -0.3 is 15.0 Å². The number of carbonyl (C=O) groups is 3. The van der Waals surface area contributed by atoms with E-state index in [-0.39, 0.29) is 11.5 Å². The number of para-hydroxylation sites is 1. The number of anilines is 1. The Kier molecular flexibility index (Phi) is 5.18. The zero-order valence-corrected chi connectivity index (χ0v) is 14.1. The van der Waals surface area contributed by atoms with Crippen LogP contribution in [0.1, 0.15) is 45.8 Å². The Morgan fingerprint density at radius 2 is 1.79 bits per heavy atom. The maximum atomic E-state index is 12.2. The van der Waals surface area contributed by atoms with E-state index in [0.717, 1.165) is 11.1 Å². The summed E-state index contributed by atoms with van der Waals surface area (Å²) in [5.74, 6) is -1.27. The summed E-state index contributed by atoms with van der Waals surface area (Å²) in [5.41, 5.74) is 3.08. The topological polar surface area (TPSA) is 88.3 Å². The minimum Gasteiger partial charge on any atom is -0.448 e. The molecule has 6 nitrogen and oxygen atoms in total. The van der Waals surface area contributed by atoms with Crippen molar-refractivity contribution >= 4 is 23.3 Å². The number of aromatic amines is 1. The van der Waals surface area contributed by atoms with Gasteiger partial charge in [-0.15, -0.1) is 0 Å². The van der Waals surface area contributed by atoms with Crippen LogP contribution in [0.15, 0.2) is 30.5 Å². The highest BCUT2D eigenvalue weighted by molar-refractivity contribution is 5.99. The molecule has 2 aromatic rings. The van der Waals surface area contributed by atoms with E-state index in [9.17, 15) is 14.4 Å². The van der Waals surface area contributed by atoms with Gasteiger partial charge in [-0.05, 0) is 44.9 Å². The van der Waals surface area contributed by atoms with Crippen LogP contribution < -0.4 is 5.32 Å². The predicted molar refractivity (Wildman–Crippen MR) is 90.2 cm³/mol. The number of hydrogen-bond donors (Lipinski definition) is 2. The molecular weight excluding hydrogens is 308 g/mol. The normalized spacial score (nSPS) is 11.7. The van der Waals surface area contributed by atoms with Gasteiger partial charge in [0.15, 0.2) is 11.9 Å². The fraction of sp³-hybridized carbons (Fsp3) is 0.278. The van der Waals surface area contributed by atoms with Crippen molar-refractivity contribution in [1.29, 1.82) is 0 Å². The van der Waals surface area contributed by atoms with E-state index in [4.69, 9.17) is 4.74 Å². The number of aromatic nitrogens is 1. The number of aryl methyl sites for hydroxylation is 2. The number of carbonyl (C=O) groups excluding carboxylic acids is 3. The van der Waals surface area contributed by atoms with Crippen molar-refractivity contribution < 1.29 is 19.1 Å². The second-order valence-corrected chi connectivity index (χ2v) is 5.66. The zero-order chi connectivity index (χ0) is 17.9. The summed E-state index contributed by atoms with van der Waals surface area (Å²) in [7, 11) is 0. The standard InChI is InChI=1S/C18H20N2O4/c1-10-6-5-7-11(2)16(10)20-17(22)13(4)24-18(23)15-8-14(9-19-15)12(3)21/h5-9,13,19H,1-4H3,(H,20,22)/t13-/m1/s1. The number of Topliss-reactive ketones (excluding diaryl/α,β-unsaturated/α-hetero) is 1. The van der Waals surface area contributed by atoms with E-state index < -0.39 is 18.0 Å². The van der Waals surface area contributed by atoms with Crippen molar-refractivity contribution in [3.63, 3.8) is 0 Å². The Bertz CT molecular complexity index is 772. The minimum atomic E-state index is -0.972. The summed E-state index contributed by atoms with van der Waals surface area (Å²) < 4.78 is 5.15. The summed E-state index contributed by atoms with van der Waals surface area (Å²) in [4.78, 5) is 38.2. The van der Waals surface area contributed by atoms with E-state index in [2.05, 4.69) is 10.3 Å². The van der Waals surface area contributed by atoms with E-state index in [1.54, 1.807) is 0 Å². The highest BCUT2D eigenvalue weighted by atomic mass is 16.5. The van der Waals surface area contributed by atoms with Crippen molar-refractivity contribution in [2.75, 3.05) is 5.32 Å². The molecule has 1 aromatic heterocycles. The molecule has 0 saturated heterocycles. The number of H-pyrrole nitrogens is 1. The SMILES string of the molecule is CC(=O)c1c[nH]c(C(=O)O[C@H](C)C(=O)Nc2c(C)cccc2C)c1. The Hall–Kier alpha value is -2.89. The molecule has 1 aromatic carbocycles. The molecule has 0 radical (unpaired) electrons. The quantitative estimate of drug-likeness (QED) is 0.652. The van der Waals surface area contributed by atoms with E-state index >= 15 is 0 Å². The van der Waals surface area contributed by atoms with Gasteiger partial charge in [0.2, 0.25) is 0 Å². The van der Waals surface area contributed by atoms with Crippen LogP contribution in [0.3, 0.4) is 0 Å². The van der Waals surface area contributed by atoms with Gasteiger partial charge in [-0.1, -0.05) is 18.2 Å². The number of benzene rings is 1. The number of rotatable bonds is 5. The molecule has 1 heterocycles. The van der Waals surface area contributed by atoms with E-state index in [0.29, 0.717) is 11.3 Å². The van der Waals surface area contributed by atoms with Gasteiger partial charge in [0, 0.05) is 17.4 Å². The van der Waals surface area contributed by atoms with Crippen molar-refractivity contribution in [3.05, 3.63) is 52.8 Å². The first-order chi connectivity index (χ1) is 11.3. The lowest BCUT2D eigenvalue weighted by Crippen LogP contribution is -2.30. The smallest absolute Gasteiger partial charge is 0.355 e. The molecule has 6 heteroatoms. The molecule has 126 valence electrons. The van der Waals surface area contributed by atoms with E-state index in [1.165, 1.54) is 26.1 Å². The van der Waals surface area contributed by atoms with Crippen molar-refractivity contribution in [2.45, 2.75) is 33.8 Å². The average Bonchev–Trinajstić information content (AvgIpc) is 3.01. The number of amides is 1. The number of esters is 1. The molecule has 0 aliphatic heterocycles. The molecule has 0 spiro atoms. The van der Waals surface area contributed by atoms with Gasteiger partial charge in [-0.25, -0.2) is 4.79 Å². The fourth-order valence-corrected chi connectivity index (χ4v) is 2.23. The van der Waals surface area contributed by atoms with Crippen LogP contribution >= 0.6 is 0 Å². The lowest BCUT2D eigenvalue weighted by molar-refractivity contribution is -0.123. The number of ketones is 1. The molecule has 0 bridgehead atoms. The maximum Gasteiger partial charge on any atom is 0.355 e. The molecule has 0 fully saturated rings. The maximum absolute atomic E-state index is 12.2. The zero-order valence-electron chi connectivity index (χ0n) is 14.1. The van der Waals surface area contributed by atoms with Gasteiger partial charge in [0.1, 0.15) is 5.69 Å². The van der Waals surface area contributed by atoms with Crippen molar-refractivity contribution in [3.8, 4) is 0 Å². The molecule has 1 amide bonds. The molecule has 1 atom stereocenters. The summed E-state index contributed by atoms with van der Waals surface area (Å²) >= 11 is 0. The third-order valence-electron chi connectivity index (χ3n) is 3.69. The van der Waals surface area contributed by atoms with Crippen LogP contribution in [0.4, 0.5) is 5.69 Å².